The van der Waals surface area contributed by atoms with Crippen molar-refractivity contribution < 1.29 is 4.39 Å². The molecule has 0 fully saturated rings. The van der Waals surface area contributed by atoms with E-state index in [9.17, 15) is 9.18 Å². The van der Waals surface area contributed by atoms with Gasteiger partial charge in [-0.25, -0.2) is 9.37 Å². The minimum absolute atomic E-state index is 0.202. The van der Waals surface area contributed by atoms with E-state index in [1.807, 2.05) is 11.9 Å². The van der Waals surface area contributed by atoms with Gasteiger partial charge in [0, 0.05) is 24.7 Å². The van der Waals surface area contributed by atoms with Gasteiger partial charge in [-0.2, -0.15) is 10.2 Å². The Balaban J connectivity index is 1.55. The van der Waals surface area contributed by atoms with E-state index in [1.54, 1.807) is 30.1 Å². The molecule has 0 saturated heterocycles. The molecule has 0 saturated carbocycles. The molecule has 4 aromatic rings. The maximum atomic E-state index is 13.2. The number of nitrogens with zero attached hydrogens (tertiary/aromatic N) is 5. The second-order valence-electron chi connectivity index (χ2n) is 6.47. The Bertz CT molecular complexity index is 1140. The van der Waals surface area contributed by atoms with Crippen LogP contribution in [0.25, 0.3) is 22.3 Å². The highest BCUT2D eigenvalue weighted by Gasteiger charge is 2.13. The summed E-state index contributed by atoms with van der Waals surface area (Å²) < 4.78 is 14.7. The van der Waals surface area contributed by atoms with Crippen molar-refractivity contribution in [3.8, 4) is 11.3 Å². The predicted molar refractivity (Wildman–Crippen MR) is 98.3 cm³/mol. The molecule has 138 valence electrons. The maximum absolute atomic E-state index is 13.2. The lowest BCUT2D eigenvalue weighted by Crippen LogP contribution is -2.22. The van der Waals surface area contributed by atoms with Gasteiger partial charge >= 0.3 is 0 Å². The van der Waals surface area contributed by atoms with Gasteiger partial charge in [-0.15, -0.1) is 0 Å². The largest absolute Gasteiger partial charge is 0.309 e. The van der Waals surface area contributed by atoms with Gasteiger partial charge in [-0.05, 0) is 31.3 Å². The average Bonchev–Trinajstić information content (AvgIpc) is 3.23. The Morgan fingerprint density at radius 1 is 1.19 bits per heavy atom. The van der Waals surface area contributed by atoms with Crippen molar-refractivity contribution in [3.63, 3.8) is 0 Å². The van der Waals surface area contributed by atoms with Gasteiger partial charge in [0.2, 0.25) is 0 Å². The fraction of sp³-hybridized carbons (Fsp3) is 0.222. The van der Waals surface area contributed by atoms with Crippen molar-refractivity contribution in [2.45, 2.75) is 13.1 Å². The first kappa shape index (κ1) is 17.1. The zero-order chi connectivity index (χ0) is 19.0. The number of aromatic amines is 2. The lowest BCUT2D eigenvalue weighted by atomic mass is 10.1. The minimum Gasteiger partial charge on any atom is -0.309 e. The first-order chi connectivity index (χ1) is 13.0. The molecule has 4 rings (SSSR count). The molecule has 0 unspecified atom stereocenters. The summed E-state index contributed by atoms with van der Waals surface area (Å²) >= 11 is 0. The second-order valence-corrected chi connectivity index (χ2v) is 6.47. The standard InChI is InChI=1S/C18H18FN7O/c1-25(10-15-22-17-14(18(27)23-15)8-21-26(17)2)9-12-7-20-24-16(12)11-3-5-13(19)6-4-11/h3-8H,9-10H2,1-2H3,(H,20,24)(H,22,23,27). The van der Waals surface area contributed by atoms with Gasteiger partial charge in [0.1, 0.15) is 17.0 Å². The fourth-order valence-corrected chi connectivity index (χ4v) is 3.05. The Morgan fingerprint density at radius 2 is 1.96 bits per heavy atom. The Labute approximate surface area is 153 Å². The van der Waals surface area contributed by atoms with Crippen LogP contribution < -0.4 is 5.56 Å². The normalized spacial score (nSPS) is 11.6. The van der Waals surface area contributed by atoms with Gasteiger partial charge < -0.3 is 4.98 Å². The molecule has 0 radical (unpaired) electrons. The van der Waals surface area contributed by atoms with Gasteiger partial charge in [0.25, 0.3) is 5.56 Å². The van der Waals surface area contributed by atoms with E-state index in [4.69, 9.17) is 0 Å². The van der Waals surface area contributed by atoms with Crippen LogP contribution in [0.1, 0.15) is 11.4 Å². The van der Waals surface area contributed by atoms with Gasteiger partial charge in [0.05, 0.1) is 24.6 Å². The van der Waals surface area contributed by atoms with Crippen LogP contribution in [-0.4, -0.2) is 41.9 Å². The smallest absolute Gasteiger partial charge is 0.262 e. The zero-order valence-electron chi connectivity index (χ0n) is 14.9. The van der Waals surface area contributed by atoms with Gasteiger partial charge in [-0.3, -0.25) is 19.5 Å². The summed E-state index contributed by atoms with van der Waals surface area (Å²) in [5.74, 6) is 0.281. The number of hydrogen-bond acceptors (Lipinski definition) is 5. The SMILES string of the molecule is CN(Cc1nc2c(cnn2C)c(=O)[nH]1)Cc1cn[nH]c1-c1ccc(F)cc1. The van der Waals surface area contributed by atoms with Crippen molar-refractivity contribution in [2.24, 2.45) is 7.05 Å². The quantitative estimate of drug-likeness (QED) is 0.561. The number of fused-ring (bicyclic) bond motifs is 1. The van der Waals surface area contributed by atoms with Crippen LogP contribution in [0.2, 0.25) is 0 Å². The minimum atomic E-state index is -0.280. The molecule has 0 bridgehead atoms. The lowest BCUT2D eigenvalue weighted by Gasteiger charge is -2.16. The molecule has 0 atom stereocenters. The summed E-state index contributed by atoms with van der Waals surface area (Å²) in [6.07, 6.45) is 3.25. The first-order valence-corrected chi connectivity index (χ1v) is 8.39. The Kier molecular flexibility index (Phi) is 4.28. The molecule has 8 nitrogen and oxygen atoms in total. The van der Waals surface area contributed by atoms with Crippen molar-refractivity contribution in [1.82, 2.24) is 34.8 Å². The molecule has 3 heterocycles. The van der Waals surface area contributed by atoms with Crippen LogP contribution in [0.3, 0.4) is 0 Å². The van der Waals surface area contributed by atoms with Crippen LogP contribution in [-0.2, 0) is 20.1 Å². The highest BCUT2D eigenvalue weighted by atomic mass is 19.1. The van der Waals surface area contributed by atoms with Crippen molar-refractivity contribution >= 4 is 11.0 Å². The molecule has 1 aromatic carbocycles. The van der Waals surface area contributed by atoms with E-state index in [0.29, 0.717) is 29.9 Å². The van der Waals surface area contributed by atoms with Crippen LogP contribution >= 0.6 is 0 Å². The number of hydrogen-bond donors (Lipinski definition) is 2. The molecule has 2 N–H and O–H groups in total. The number of halogens is 1. The summed E-state index contributed by atoms with van der Waals surface area (Å²) in [6, 6.07) is 6.26. The van der Waals surface area contributed by atoms with Crippen LogP contribution in [0, 0.1) is 5.82 Å². The molecule has 27 heavy (non-hydrogen) atoms. The molecule has 0 amide bonds. The third-order valence-electron chi connectivity index (χ3n) is 4.36. The number of benzene rings is 1. The monoisotopic (exact) mass is 367 g/mol. The molecule has 0 spiro atoms. The average molecular weight is 367 g/mol. The summed E-state index contributed by atoms with van der Waals surface area (Å²) in [5, 5.41) is 11.6. The summed E-state index contributed by atoms with van der Waals surface area (Å²) in [5.41, 5.74) is 3.02. The van der Waals surface area contributed by atoms with E-state index in [0.717, 1.165) is 16.8 Å². The number of H-pyrrole nitrogens is 2. The second kappa shape index (κ2) is 6.76. The summed E-state index contributed by atoms with van der Waals surface area (Å²) in [4.78, 5) is 21.5. The third-order valence-corrected chi connectivity index (χ3v) is 4.36. The Morgan fingerprint density at radius 3 is 2.74 bits per heavy atom. The van der Waals surface area contributed by atoms with E-state index in [1.165, 1.54) is 18.3 Å². The van der Waals surface area contributed by atoms with Gasteiger partial charge in [0.15, 0.2) is 5.65 Å². The Hall–Kier alpha value is -3.33. The molecule has 3 aromatic heterocycles. The van der Waals surface area contributed by atoms with Crippen molar-refractivity contribution in [3.05, 3.63) is 64.2 Å². The highest BCUT2D eigenvalue weighted by molar-refractivity contribution is 5.72. The molecular weight excluding hydrogens is 349 g/mol. The van der Waals surface area contributed by atoms with Crippen LogP contribution in [0.4, 0.5) is 4.39 Å². The molecule has 0 aliphatic rings. The highest BCUT2D eigenvalue weighted by Crippen LogP contribution is 2.22. The van der Waals surface area contributed by atoms with Crippen LogP contribution in [0.5, 0.6) is 0 Å². The zero-order valence-corrected chi connectivity index (χ0v) is 14.9. The summed E-state index contributed by atoms with van der Waals surface area (Å²) in [7, 11) is 3.68. The van der Waals surface area contributed by atoms with Crippen LogP contribution in [0.15, 0.2) is 41.5 Å². The van der Waals surface area contributed by atoms with Crippen molar-refractivity contribution in [1.29, 1.82) is 0 Å². The van der Waals surface area contributed by atoms with E-state index in [2.05, 4.69) is 25.3 Å². The first-order valence-electron chi connectivity index (χ1n) is 8.39. The molecular formula is C18H18FN7O. The number of aromatic nitrogens is 6. The molecule has 9 heteroatoms. The number of aryl methyl sites for hydroxylation is 1. The molecule has 0 aliphatic carbocycles. The summed E-state index contributed by atoms with van der Waals surface area (Å²) in [6.45, 7) is 1.03. The van der Waals surface area contributed by atoms with E-state index < -0.39 is 0 Å². The molecule has 0 aliphatic heterocycles. The fourth-order valence-electron chi connectivity index (χ4n) is 3.05. The maximum Gasteiger partial charge on any atom is 0.262 e. The topological polar surface area (TPSA) is 95.5 Å². The number of rotatable bonds is 5. The predicted octanol–water partition coefficient (Wildman–Crippen LogP) is 1.82. The lowest BCUT2D eigenvalue weighted by molar-refractivity contribution is 0.311. The third kappa shape index (κ3) is 3.36. The van der Waals surface area contributed by atoms with E-state index in [-0.39, 0.29) is 11.4 Å². The van der Waals surface area contributed by atoms with E-state index >= 15 is 0 Å². The van der Waals surface area contributed by atoms with Crippen molar-refractivity contribution in [2.75, 3.05) is 7.05 Å². The van der Waals surface area contributed by atoms with Gasteiger partial charge in [-0.1, -0.05) is 0 Å². The number of nitrogens with one attached hydrogen (secondary N) is 2.